The van der Waals surface area contributed by atoms with Gasteiger partial charge in [0.25, 0.3) is 0 Å². The second-order valence-electron chi connectivity index (χ2n) is 6.14. The Kier molecular flexibility index (Phi) is 3.93. The maximum atomic E-state index is 13.2. The highest BCUT2D eigenvalue weighted by molar-refractivity contribution is 6.13. The van der Waals surface area contributed by atoms with Gasteiger partial charge in [-0.15, -0.1) is 0 Å². The SMILES string of the molecule is O=C(O)c1ccc2c(c1)C(=O)c1cc(-c3ccccc3)cnc1/C=C\C2. The van der Waals surface area contributed by atoms with E-state index in [1.807, 2.05) is 48.6 Å². The number of fused-ring (bicyclic) bond motifs is 2. The third kappa shape index (κ3) is 2.82. The molecule has 1 heterocycles. The van der Waals surface area contributed by atoms with Crippen LogP contribution in [-0.2, 0) is 6.42 Å². The van der Waals surface area contributed by atoms with Crippen molar-refractivity contribution in [1.82, 2.24) is 4.98 Å². The van der Waals surface area contributed by atoms with E-state index in [1.165, 1.54) is 12.1 Å². The molecule has 1 aliphatic carbocycles. The van der Waals surface area contributed by atoms with E-state index in [-0.39, 0.29) is 11.3 Å². The van der Waals surface area contributed by atoms with Gasteiger partial charge in [-0.3, -0.25) is 9.78 Å². The van der Waals surface area contributed by atoms with Crippen LogP contribution in [0.2, 0.25) is 0 Å². The highest BCUT2D eigenvalue weighted by Gasteiger charge is 2.21. The van der Waals surface area contributed by atoms with Crippen LogP contribution < -0.4 is 0 Å². The van der Waals surface area contributed by atoms with Crippen molar-refractivity contribution in [1.29, 1.82) is 0 Å². The number of ketones is 1. The van der Waals surface area contributed by atoms with E-state index in [9.17, 15) is 14.7 Å². The zero-order chi connectivity index (χ0) is 18.1. The van der Waals surface area contributed by atoms with Gasteiger partial charge in [-0.1, -0.05) is 42.5 Å². The number of carbonyl (C=O) groups excluding carboxylic acids is 1. The fraction of sp³-hybridized carbons (Fsp3) is 0.0455. The van der Waals surface area contributed by atoms with Crippen molar-refractivity contribution >= 4 is 17.8 Å². The number of aromatic carboxylic acids is 1. The summed E-state index contributed by atoms with van der Waals surface area (Å²) in [7, 11) is 0. The number of allylic oxidation sites excluding steroid dienone is 1. The molecule has 0 spiro atoms. The quantitative estimate of drug-likeness (QED) is 0.757. The highest BCUT2D eigenvalue weighted by atomic mass is 16.4. The summed E-state index contributed by atoms with van der Waals surface area (Å²) in [6, 6.07) is 16.2. The standard InChI is InChI=1S/C22H15NO3/c24-21-18-11-16(22(25)26)10-9-15(18)7-4-8-20-19(21)12-17(13-23-20)14-5-2-1-3-6-14/h1-6,8-13H,7H2,(H,25,26)/b8-4-. The zero-order valence-electron chi connectivity index (χ0n) is 13.8. The summed E-state index contributed by atoms with van der Waals surface area (Å²) in [5, 5.41) is 9.25. The van der Waals surface area contributed by atoms with Gasteiger partial charge in [0.2, 0.25) is 0 Å². The molecule has 0 aliphatic heterocycles. The molecule has 1 aliphatic rings. The first-order valence-corrected chi connectivity index (χ1v) is 8.26. The molecule has 0 saturated heterocycles. The first kappa shape index (κ1) is 16.0. The van der Waals surface area contributed by atoms with Gasteiger partial charge in [0.15, 0.2) is 5.78 Å². The van der Waals surface area contributed by atoms with Gasteiger partial charge in [-0.25, -0.2) is 4.79 Å². The van der Waals surface area contributed by atoms with Crippen LogP contribution in [-0.4, -0.2) is 21.8 Å². The van der Waals surface area contributed by atoms with Crippen molar-refractivity contribution in [3.05, 3.63) is 94.8 Å². The van der Waals surface area contributed by atoms with Crippen molar-refractivity contribution in [3.8, 4) is 11.1 Å². The number of nitrogens with zero attached hydrogens (tertiary/aromatic N) is 1. The summed E-state index contributed by atoms with van der Waals surface area (Å²) in [5.41, 5.74) is 4.24. The van der Waals surface area contributed by atoms with Crippen LogP contribution in [0.1, 0.15) is 37.5 Å². The molecule has 0 radical (unpaired) electrons. The first-order chi connectivity index (χ1) is 12.6. The Morgan fingerprint density at radius 1 is 0.962 bits per heavy atom. The van der Waals surface area contributed by atoms with Crippen molar-refractivity contribution in [2.45, 2.75) is 6.42 Å². The van der Waals surface area contributed by atoms with E-state index >= 15 is 0 Å². The topological polar surface area (TPSA) is 67.3 Å². The van der Waals surface area contributed by atoms with Crippen molar-refractivity contribution in [2.75, 3.05) is 0 Å². The fourth-order valence-corrected chi connectivity index (χ4v) is 3.12. The van der Waals surface area contributed by atoms with Gasteiger partial charge in [0.05, 0.1) is 11.3 Å². The minimum absolute atomic E-state index is 0.107. The van der Waals surface area contributed by atoms with Gasteiger partial charge in [0.1, 0.15) is 0 Å². The number of benzene rings is 2. The Bertz CT molecular complexity index is 1050. The molecule has 1 aromatic heterocycles. The van der Waals surface area contributed by atoms with Crippen LogP contribution in [0, 0.1) is 0 Å². The number of carbonyl (C=O) groups is 2. The predicted octanol–water partition coefficient (Wildman–Crippen LogP) is 4.25. The van der Waals surface area contributed by atoms with Crippen molar-refractivity contribution in [2.24, 2.45) is 0 Å². The van der Waals surface area contributed by atoms with E-state index in [2.05, 4.69) is 4.98 Å². The lowest BCUT2D eigenvalue weighted by atomic mass is 9.90. The molecular weight excluding hydrogens is 326 g/mol. The summed E-state index contributed by atoms with van der Waals surface area (Å²) in [4.78, 5) is 28.9. The fourth-order valence-electron chi connectivity index (χ4n) is 3.12. The molecule has 0 bridgehead atoms. The van der Waals surface area contributed by atoms with Gasteiger partial charge in [-0.2, -0.15) is 0 Å². The molecule has 26 heavy (non-hydrogen) atoms. The Balaban J connectivity index is 1.88. The summed E-state index contributed by atoms with van der Waals surface area (Å²) in [6.07, 6.45) is 6.10. The molecule has 0 saturated carbocycles. The minimum Gasteiger partial charge on any atom is -0.478 e. The molecule has 4 nitrogen and oxygen atoms in total. The van der Waals surface area contributed by atoms with Crippen molar-refractivity contribution < 1.29 is 14.7 Å². The first-order valence-electron chi connectivity index (χ1n) is 8.26. The molecular formula is C22H15NO3. The summed E-state index contributed by atoms with van der Waals surface area (Å²) < 4.78 is 0. The molecule has 4 heteroatoms. The lowest BCUT2D eigenvalue weighted by Crippen LogP contribution is -2.12. The van der Waals surface area contributed by atoms with Gasteiger partial charge in [-0.05, 0) is 41.8 Å². The van der Waals surface area contributed by atoms with Crippen molar-refractivity contribution in [3.63, 3.8) is 0 Å². The van der Waals surface area contributed by atoms with E-state index < -0.39 is 5.97 Å². The lowest BCUT2D eigenvalue weighted by molar-refractivity contribution is 0.0697. The van der Waals surface area contributed by atoms with Crippen LogP contribution in [0.25, 0.3) is 17.2 Å². The average molecular weight is 341 g/mol. The largest absolute Gasteiger partial charge is 0.478 e. The third-order valence-electron chi connectivity index (χ3n) is 4.49. The third-order valence-corrected chi connectivity index (χ3v) is 4.49. The number of rotatable bonds is 2. The molecule has 1 N–H and O–H groups in total. The molecule has 3 aromatic rings. The van der Waals surface area contributed by atoms with E-state index in [1.54, 1.807) is 12.3 Å². The number of carboxylic acid groups (broad SMARTS) is 1. The number of hydrogen-bond acceptors (Lipinski definition) is 3. The smallest absolute Gasteiger partial charge is 0.335 e. The van der Waals surface area contributed by atoms with E-state index in [0.29, 0.717) is 23.2 Å². The van der Waals surface area contributed by atoms with Crippen LogP contribution >= 0.6 is 0 Å². The maximum Gasteiger partial charge on any atom is 0.335 e. The monoisotopic (exact) mass is 341 g/mol. The van der Waals surface area contributed by atoms with Crippen LogP contribution in [0.5, 0.6) is 0 Å². The summed E-state index contributed by atoms with van der Waals surface area (Å²) >= 11 is 0. The highest BCUT2D eigenvalue weighted by Crippen LogP contribution is 2.27. The molecule has 2 aromatic carbocycles. The molecule has 0 fully saturated rings. The van der Waals surface area contributed by atoms with Gasteiger partial charge >= 0.3 is 5.97 Å². The van der Waals surface area contributed by atoms with E-state index in [0.717, 1.165) is 16.7 Å². The van der Waals surface area contributed by atoms with Crippen LogP contribution in [0.15, 0.2) is 66.9 Å². The molecule has 0 unspecified atom stereocenters. The molecule has 126 valence electrons. The Hall–Kier alpha value is -3.53. The molecule has 0 atom stereocenters. The number of hydrogen-bond donors (Lipinski definition) is 1. The Labute approximate surface area is 150 Å². The van der Waals surface area contributed by atoms with Gasteiger partial charge in [0, 0.05) is 22.9 Å². The zero-order valence-corrected chi connectivity index (χ0v) is 13.8. The van der Waals surface area contributed by atoms with E-state index in [4.69, 9.17) is 0 Å². The summed E-state index contributed by atoms with van der Waals surface area (Å²) in [6.45, 7) is 0. The number of aromatic nitrogens is 1. The summed E-state index contributed by atoms with van der Waals surface area (Å²) in [5.74, 6) is -1.25. The second kappa shape index (κ2) is 6.41. The second-order valence-corrected chi connectivity index (χ2v) is 6.14. The lowest BCUT2D eigenvalue weighted by Gasteiger charge is -2.14. The molecule has 0 amide bonds. The van der Waals surface area contributed by atoms with Crippen LogP contribution in [0.3, 0.4) is 0 Å². The molecule has 4 rings (SSSR count). The number of pyridine rings is 1. The average Bonchev–Trinajstić information content (AvgIpc) is 2.67. The predicted molar refractivity (Wildman–Crippen MR) is 99.2 cm³/mol. The maximum absolute atomic E-state index is 13.2. The Morgan fingerprint density at radius 2 is 1.77 bits per heavy atom. The Morgan fingerprint density at radius 3 is 2.54 bits per heavy atom. The van der Waals surface area contributed by atoms with Gasteiger partial charge < -0.3 is 5.11 Å². The van der Waals surface area contributed by atoms with Crippen LogP contribution in [0.4, 0.5) is 0 Å². The normalized spacial score (nSPS) is 13.9. The minimum atomic E-state index is -1.05. The number of carboxylic acids is 1.